The second kappa shape index (κ2) is 54.7. The second-order valence-electron chi connectivity index (χ2n) is 57.2. The summed E-state index contributed by atoms with van der Waals surface area (Å²) >= 11 is 0. The number of rotatable bonds is 18. The lowest BCUT2D eigenvalue weighted by Crippen LogP contribution is -2.40. The number of carbonyl (C=O) groups excluding carboxylic acids is 5. The SMILES string of the molecule is CC(C)(C)CC(=O)C(C)(C)C.CC(C)(C)CC(=O)c1ccc(CC(C)(C)C)cc1.CC(C)(C)CCC(=O)NC(C)(C)C.CC(C)(C)Cc1ccc(C(=O)OC(C)(C)C)cc1.CC(C)(C)Cc1ccc(NC(C)(C)C)cc1.CC(C)(C)Cc1ccc(OC(C)(C)C)cc1.CC(C)(C)Cc1ccc(S(=O)(=O)CC(C)(C)C)cc1.CC(C)(C)OC(C)(C)C.CC(C)Cc1ccc(NC(=O)C(C)(C)C)cc1. The van der Waals surface area contributed by atoms with Gasteiger partial charge in [-0.2, -0.15) is 0 Å². The molecular formula is C123H209N3O10S. The van der Waals surface area contributed by atoms with Crippen LogP contribution >= 0.6 is 0 Å². The lowest BCUT2D eigenvalue weighted by Gasteiger charge is -2.30. The monoisotopic (exact) mass is 1920 g/mol. The van der Waals surface area contributed by atoms with Crippen LogP contribution in [0.5, 0.6) is 5.75 Å². The molecular weight excluding hydrogens is 1710 g/mol. The largest absolute Gasteiger partial charge is 0.488 e. The van der Waals surface area contributed by atoms with Crippen molar-refractivity contribution in [1.82, 2.24) is 5.32 Å². The van der Waals surface area contributed by atoms with Crippen molar-refractivity contribution in [3.05, 3.63) is 190 Å². The minimum atomic E-state index is -3.18. The Hall–Kier alpha value is -7.42. The Balaban J connectivity index is -0.00000149. The molecule has 0 saturated carbocycles. The Bertz CT molecular complexity index is 4320. The quantitative estimate of drug-likeness (QED) is 0.0550. The van der Waals surface area contributed by atoms with E-state index >= 15 is 0 Å². The van der Waals surface area contributed by atoms with E-state index in [2.05, 4.69) is 352 Å². The molecule has 0 saturated heterocycles. The maximum absolute atomic E-state index is 12.2. The first-order chi connectivity index (χ1) is 60.6. The van der Waals surface area contributed by atoms with Gasteiger partial charge in [0.1, 0.15) is 22.7 Å². The van der Waals surface area contributed by atoms with Crippen LogP contribution in [0.3, 0.4) is 0 Å². The van der Waals surface area contributed by atoms with Gasteiger partial charge in [-0.1, -0.05) is 327 Å². The fourth-order valence-corrected chi connectivity index (χ4v) is 15.2. The molecule has 137 heavy (non-hydrogen) atoms. The molecule has 0 bridgehead atoms. The van der Waals surface area contributed by atoms with Gasteiger partial charge in [-0.25, -0.2) is 13.2 Å². The zero-order valence-electron chi connectivity index (χ0n) is 98.2. The Kier molecular flexibility index (Phi) is 53.4. The number of benzene rings is 6. The van der Waals surface area contributed by atoms with Gasteiger partial charge in [0, 0.05) is 58.1 Å². The molecule has 14 heteroatoms. The van der Waals surface area contributed by atoms with Crippen molar-refractivity contribution in [2.45, 2.75) is 470 Å². The number of esters is 1. The highest BCUT2D eigenvalue weighted by Crippen LogP contribution is 2.33. The summed E-state index contributed by atoms with van der Waals surface area (Å²) in [6, 6.07) is 48.5. The zero-order valence-corrected chi connectivity index (χ0v) is 99.0. The number of nitrogens with one attached hydrogen (secondary N) is 3. The summed E-state index contributed by atoms with van der Waals surface area (Å²) in [5.74, 6) is 2.32. The van der Waals surface area contributed by atoms with E-state index in [9.17, 15) is 32.4 Å². The Morgan fingerprint density at radius 2 is 0.642 bits per heavy atom. The van der Waals surface area contributed by atoms with Gasteiger partial charge >= 0.3 is 5.97 Å². The lowest BCUT2D eigenvalue weighted by molar-refractivity contribution is -0.128. The summed E-state index contributed by atoms with van der Waals surface area (Å²) in [5.41, 5.74) is 11.9. The molecule has 13 nitrogen and oxygen atoms in total. The molecule has 3 N–H and O–H groups in total. The highest BCUT2D eigenvalue weighted by Gasteiger charge is 2.29. The lowest BCUT2D eigenvalue weighted by atomic mass is 9.80. The van der Waals surface area contributed by atoms with Crippen LogP contribution in [-0.2, 0) is 72.2 Å². The van der Waals surface area contributed by atoms with Gasteiger partial charge in [-0.15, -0.1) is 0 Å². The van der Waals surface area contributed by atoms with Gasteiger partial charge in [-0.3, -0.25) is 19.2 Å². The van der Waals surface area contributed by atoms with Crippen molar-refractivity contribution in [3.63, 3.8) is 0 Å². The molecule has 0 aliphatic carbocycles. The highest BCUT2D eigenvalue weighted by atomic mass is 32.2. The third kappa shape index (κ3) is 80.9. The van der Waals surface area contributed by atoms with E-state index in [-0.39, 0.29) is 106 Å². The van der Waals surface area contributed by atoms with Crippen molar-refractivity contribution < 1.29 is 46.6 Å². The minimum Gasteiger partial charge on any atom is -0.488 e. The molecule has 0 aliphatic heterocycles. The smallest absolute Gasteiger partial charge is 0.338 e. The van der Waals surface area contributed by atoms with E-state index in [4.69, 9.17) is 14.2 Å². The molecule has 6 aromatic carbocycles. The van der Waals surface area contributed by atoms with Gasteiger partial charge < -0.3 is 30.2 Å². The molecule has 0 heterocycles. The molecule has 0 atom stereocenters. The van der Waals surface area contributed by atoms with Crippen LogP contribution in [-0.4, -0.2) is 77.0 Å². The molecule has 0 spiro atoms. The molecule has 0 fully saturated rings. The number of hydrogen-bond donors (Lipinski definition) is 3. The molecule has 782 valence electrons. The van der Waals surface area contributed by atoms with Crippen molar-refractivity contribution >= 4 is 50.6 Å². The van der Waals surface area contributed by atoms with Crippen molar-refractivity contribution in [3.8, 4) is 5.75 Å². The van der Waals surface area contributed by atoms with Gasteiger partial charge in [0.25, 0.3) is 0 Å². The van der Waals surface area contributed by atoms with E-state index in [0.29, 0.717) is 52.3 Å². The Labute approximate surface area is 844 Å². The summed E-state index contributed by atoms with van der Waals surface area (Å²) in [5, 5.41) is 9.35. The van der Waals surface area contributed by atoms with Crippen LogP contribution in [0, 0.1) is 65.5 Å². The third-order valence-corrected chi connectivity index (χ3v) is 20.5. The summed E-state index contributed by atoms with van der Waals surface area (Å²) in [6.45, 7) is 111. The first kappa shape index (κ1) is 134. The standard InChI is InChI=1S/C17H26O.C16H26O2S.C16H24O2.C15H23NO.C15H25N.C15H24O.C11H23NO.C10H20O.C8H18O/c1-16(2,3)11-13-7-9-14(10-8-13)15(18)12-17(4,5)6;1-15(2,3)11-13-7-9-14(10-8-13)19(17,18)12-16(4,5)6;1-15(2,3)11-12-7-9-13(10-8-12)14(17)18-16(4,5)6;1-11(2)10-12-6-8-13(9-7-12)16-14(17)15(3,4)5;2*1-14(2,3)11-12-7-9-13(10-8-12)16-15(4,5)6;1-10(2,3)8-7-9(13)12-11(4,5)6;1-9(2,3)7-8(11)10(4,5)6;1-7(2,3)9-8(4,5)6/h7-10H,11-12H2,1-6H3;7-10H,11-12H2,1-6H3;7-10H,11H2,1-6H3;6-9,11H,10H2,1-5H3,(H,16,17);7-10,16H,11H2,1-6H3;7-10H,11H2,1-6H3;7-8H2,1-6H3,(H,12,13);7H2,1-6H3;1-6H3. The number of ether oxygens (including phenoxy) is 3. The summed E-state index contributed by atoms with van der Waals surface area (Å²) < 4.78 is 41.2. The van der Waals surface area contributed by atoms with E-state index in [0.717, 1.165) is 61.9 Å². The van der Waals surface area contributed by atoms with E-state index in [1.54, 1.807) is 12.1 Å². The van der Waals surface area contributed by atoms with Gasteiger partial charge in [0.15, 0.2) is 15.6 Å². The third-order valence-electron chi connectivity index (χ3n) is 18.2. The van der Waals surface area contributed by atoms with Crippen LogP contribution in [0.25, 0.3) is 0 Å². The number of ketones is 2. The second-order valence-corrected chi connectivity index (χ2v) is 59.2. The summed E-state index contributed by atoms with van der Waals surface area (Å²) in [4.78, 5) is 59.0. The number of Topliss-reactive ketones (excluding diaryl/α,β-unsaturated/α-hetero) is 2. The number of hydrogen-bond acceptors (Lipinski definition) is 11. The zero-order chi connectivity index (χ0) is 108. The van der Waals surface area contributed by atoms with E-state index in [1.807, 2.05) is 165 Å². The fraction of sp³-hybridized carbons (Fsp3) is 0.667. The van der Waals surface area contributed by atoms with Crippen molar-refractivity contribution in [2.75, 3.05) is 16.4 Å². The predicted octanol–water partition coefficient (Wildman–Crippen LogP) is 34.4. The normalized spacial score (nSPS) is 12.7. The van der Waals surface area contributed by atoms with E-state index in [1.165, 1.54) is 39.1 Å². The number of carbonyl (C=O) groups is 5. The number of sulfone groups is 1. The molecule has 2 amide bonds. The number of amides is 2. The molecule has 0 aromatic heterocycles. The topological polar surface area (TPSA) is 183 Å². The van der Waals surface area contributed by atoms with Crippen LogP contribution in [0.1, 0.15) is 447 Å². The predicted molar refractivity (Wildman–Crippen MR) is 596 cm³/mol. The minimum absolute atomic E-state index is 0.0156. The van der Waals surface area contributed by atoms with Gasteiger partial charge in [0.05, 0.1) is 27.4 Å². The van der Waals surface area contributed by atoms with Crippen LogP contribution in [0.4, 0.5) is 11.4 Å². The summed E-state index contributed by atoms with van der Waals surface area (Å²) in [6.07, 6.45) is 9.14. The first-order valence-electron chi connectivity index (χ1n) is 50.4. The Morgan fingerprint density at radius 1 is 0.321 bits per heavy atom. The van der Waals surface area contributed by atoms with Crippen molar-refractivity contribution in [1.29, 1.82) is 0 Å². The Morgan fingerprint density at radius 3 is 0.905 bits per heavy atom. The van der Waals surface area contributed by atoms with Gasteiger partial charge in [-0.05, 0) is 318 Å². The fourth-order valence-electron chi connectivity index (χ4n) is 13.3. The van der Waals surface area contributed by atoms with E-state index < -0.39 is 15.4 Å². The molecule has 6 rings (SSSR count). The van der Waals surface area contributed by atoms with Crippen molar-refractivity contribution in [2.24, 2.45) is 65.5 Å². The highest BCUT2D eigenvalue weighted by molar-refractivity contribution is 7.91. The number of anilines is 2. The average Bonchev–Trinajstić information content (AvgIpc) is 0.816. The first-order valence-corrected chi connectivity index (χ1v) is 52.1. The summed E-state index contributed by atoms with van der Waals surface area (Å²) in [7, 11) is -3.18. The maximum Gasteiger partial charge on any atom is 0.338 e. The van der Waals surface area contributed by atoms with Crippen LogP contribution < -0.4 is 20.7 Å². The van der Waals surface area contributed by atoms with Crippen LogP contribution in [0.2, 0.25) is 0 Å². The molecule has 0 aliphatic rings. The molecule has 0 radical (unpaired) electrons. The van der Waals surface area contributed by atoms with Gasteiger partial charge in [0.2, 0.25) is 11.8 Å². The molecule has 0 unspecified atom stereocenters. The average molecular weight is 1920 g/mol. The molecule has 6 aromatic rings. The maximum atomic E-state index is 12.2. The van der Waals surface area contributed by atoms with Crippen LogP contribution in [0.15, 0.2) is 150 Å².